The normalized spacial score (nSPS) is 10.8. The predicted molar refractivity (Wildman–Crippen MR) is 43.8 cm³/mol. The monoisotopic (exact) mass is 177 g/mol. The molecule has 0 aromatic rings. The van der Waals surface area contributed by atoms with Crippen LogP contribution in [0, 0.1) is 0 Å². The molecule has 0 aromatic carbocycles. The molecule has 0 heterocycles. The van der Waals surface area contributed by atoms with E-state index in [0.717, 1.165) is 11.8 Å². The van der Waals surface area contributed by atoms with Crippen LogP contribution in [-0.2, 0) is 4.79 Å². The maximum absolute atomic E-state index is 10.7. The first-order chi connectivity index (χ1) is 4.90. The smallest absolute Gasteiger partial charge is 0.328 e. The summed E-state index contributed by atoms with van der Waals surface area (Å²) in [4.78, 5) is 21.2. The number of thioether (sulfide) groups is 1. The second-order valence-corrected chi connectivity index (χ2v) is 3.33. The highest BCUT2D eigenvalue weighted by molar-refractivity contribution is 8.12. The number of rotatable bonds is 2. The molecule has 0 aliphatic rings. The Balaban J connectivity index is 4.12. The van der Waals surface area contributed by atoms with Crippen molar-refractivity contribution >= 4 is 23.0 Å². The second kappa shape index (κ2) is 3.61. The molecule has 64 valence electrons. The van der Waals surface area contributed by atoms with E-state index in [4.69, 9.17) is 5.11 Å². The molecule has 2 N–H and O–H groups in total. The number of hydrogen-bond donors (Lipinski definition) is 2. The van der Waals surface area contributed by atoms with Crippen LogP contribution in [0.4, 0.5) is 4.79 Å². The molecule has 11 heavy (non-hydrogen) atoms. The molecule has 0 spiro atoms. The third-order valence-corrected chi connectivity index (χ3v) is 1.61. The predicted octanol–water partition coefficient (Wildman–Crippen LogP) is 0.922. The number of carbonyl (C=O) groups excluding carboxylic acids is 1. The Labute approximate surface area is 69.4 Å². The van der Waals surface area contributed by atoms with E-state index in [0.29, 0.717) is 0 Å². The van der Waals surface area contributed by atoms with Gasteiger partial charge >= 0.3 is 5.97 Å². The molecule has 0 atom stereocenters. The molecule has 0 unspecified atom stereocenters. The van der Waals surface area contributed by atoms with Gasteiger partial charge < -0.3 is 10.4 Å². The van der Waals surface area contributed by atoms with Crippen molar-refractivity contribution in [3.05, 3.63) is 0 Å². The largest absolute Gasteiger partial charge is 0.480 e. The lowest BCUT2D eigenvalue weighted by atomic mass is 10.1. The van der Waals surface area contributed by atoms with Gasteiger partial charge in [0.25, 0.3) is 5.24 Å². The van der Waals surface area contributed by atoms with Crippen LogP contribution in [0.15, 0.2) is 0 Å². The maximum atomic E-state index is 10.7. The Morgan fingerprint density at radius 2 is 1.91 bits per heavy atom. The molecule has 0 rings (SSSR count). The Kier molecular flexibility index (Phi) is 3.38. The quantitative estimate of drug-likeness (QED) is 0.658. The first-order valence-corrected chi connectivity index (χ1v) is 4.22. The molecule has 0 aliphatic heterocycles. The maximum Gasteiger partial charge on any atom is 0.328 e. The fraction of sp³-hybridized carbons (Fsp3) is 0.667. The Morgan fingerprint density at radius 1 is 1.45 bits per heavy atom. The fourth-order valence-electron chi connectivity index (χ4n) is 0.360. The molecule has 0 saturated heterocycles. The SMILES string of the molecule is CSC(=O)NC(C)(C)C(=O)O. The van der Waals surface area contributed by atoms with Crippen molar-refractivity contribution in [1.29, 1.82) is 0 Å². The number of nitrogens with one attached hydrogen (secondary N) is 1. The average Bonchev–Trinajstić information content (AvgIpc) is 1.86. The van der Waals surface area contributed by atoms with Crippen molar-refractivity contribution in [1.82, 2.24) is 5.32 Å². The molecular weight excluding hydrogens is 166 g/mol. The molecule has 0 aliphatic carbocycles. The van der Waals surface area contributed by atoms with Crippen molar-refractivity contribution < 1.29 is 14.7 Å². The number of aliphatic carboxylic acids is 1. The van der Waals surface area contributed by atoms with Crippen LogP contribution >= 0.6 is 11.8 Å². The Morgan fingerprint density at radius 3 is 2.18 bits per heavy atom. The summed E-state index contributed by atoms with van der Waals surface area (Å²) in [7, 11) is 0. The lowest BCUT2D eigenvalue weighted by Crippen LogP contribution is -2.48. The van der Waals surface area contributed by atoms with Crippen LogP contribution in [0.3, 0.4) is 0 Å². The van der Waals surface area contributed by atoms with Gasteiger partial charge in [-0.25, -0.2) is 4.79 Å². The highest BCUT2D eigenvalue weighted by Gasteiger charge is 2.28. The van der Waals surface area contributed by atoms with E-state index >= 15 is 0 Å². The molecule has 0 saturated carbocycles. The van der Waals surface area contributed by atoms with Crippen molar-refractivity contribution in [2.45, 2.75) is 19.4 Å². The summed E-state index contributed by atoms with van der Waals surface area (Å²) in [5.41, 5.74) is -1.18. The standard InChI is InChI=1S/C6H11NO3S/c1-6(2,4(8)9)7-5(10)11-3/h1-3H3,(H,7,10)(H,8,9). The topological polar surface area (TPSA) is 66.4 Å². The summed E-state index contributed by atoms with van der Waals surface area (Å²) >= 11 is 0.956. The van der Waals surface area contributed by atoms with Crippen molar-refractivity contribution in [3.63, 3.8) is 0 Å². The third-order valence-electron chi connectivity index (χ3n) is 1.13. The van der Waals surface area contributed by atoms with Crippen LogP contribution in [0.5, 0.6) is 0 Å². The van der Waals surface area contributed by atoms with Crippen LogP contribution in [0.1, 0.15) is 13.8 Å². The zero-order valence-corrected chi connectivity index (χ0v) is 7.49. The number of carboxylic acid groups (broad SMARTS) is 1. The zero-order chi connectivity index (χ0) is 9.07. The number of carbonyl (C=O) groups is 2. The van der Waals surface area contributed by atoms with Gasteiger partial charge in [0.15, 0.2) is 0 Å². The molecule has 5 heteroatoms. The number of amides is 1. The van der Waals surface area contributed by atoms with Gasteiger partial charge in [-0.3, -0.25) is 4.79 Å². The number of hydrogen-bond acceptors (Lipinski definition) is 3. The van der Waals surface area contributed by atoms with Gasteiger partial charge in [0.1, 0.15) is 5.54 Å². The molecule has 0 radical (unpaired) electrons. The third kappa shape index (κ3) is 3.27. The molecule has 0 bridgehead atoms. The summed E-state index contributed by atoms with van der Waals surface area (Å²) in [6, 6.07) is 0. The van der Waals surface area contributed by atoms with E-state index in [2.05, 4.69) is 5.32 Å². The Hall–Kier alpha value is -0.710. The lowest BCUT2D eigenvalue weighted by molar-refractivity contribution is -0.142. The summed E-state index contributed by atoms with van der Waals surface area (Å²) in [5.74, 6) is -1.04. The Bertz CT molecular complexity index is 179. The van der Waals surface area contributed by atoms with E-state index in [1.54, 1.807) is 6.26 Å². The van der Waals surface area contributed by atoms with E-state index in [1.165, 1.54) is 13.8 Å². The van der Waals surface area contributed by atoms with Crippen molar-refractivity contribution in [2.24, 2.45) is 0 Å². The minimum Gasteiger partial charge on any atom is -0.480 e. The minimum atomic E-state index is -1.18. The molecule has 1 amide bonds. The summed E-state index contributed by atoms with van der Waals surface area (Å²) in [6.45, 7) is 2.87. The first kappa shape index (κ1) is 10.3. The van der Waals surface area contributed by atoms with Gasteiger partial charge in [0, 0.05) is 0 Å². The molecule has 0 aromatic heterocycles. The minimum absolute atomic E-state index is 0.336. The highest BCUT2D eigenvalue weighted by atomic mass is 32.2. The van der Waals surface area contributed by atoms with E-state index in [1.807, 2.05) is 0 Å². The van der Waals surface area contributed by atoms with E-state index in [-0.39, 0.29) is 5.24 Å². The van der Waals surface area contributed by atoms with Crippen LogP contribution in [-0.4, -0.2) is 28.1 Å². The summed E-state index contributed by atoms with van der Waals surface area (Å²) in [5, 5.41) is 10.6. The molecule has 0 fully saturated rings. The zero-order valence-electron chi connectivity index (χ0n) is 6.67. The fourth-order valence-corrected chi connectivity index (χ4v) is 0.717. The van der Waals surface area contributed by atoms with Gasteiger partial charge in [0.2, 0.25) is 0 Å². The lowest BCUT2D eigenvalue weighted by Gasteiger charge is -2.19. The summed E-state index contributed by atoms with van der Waals surface area (Å²) in [6.07, 6.45) is 1.59. The van der Waals surface area contributed by atoms with Crippen molar-refractivity contribution in [2.75, 3.05) is 6.26 Å². The van der Waals surface area contributed by atoms with Gasteiger partial charge in [-0.1, -0.05) is 11.8 Å². The molecular formula is C6H11NO3S. The highest BCUT2D eigenvalue weighted by Crippen LogP contribution is 2.05. The molecule has 4 nitrogen and oxygen atoms in total. The van der Waals surface area contributed by atoms with Gasteiger partial charge in [-0.15, -0.1) is 0 Å². The van der Waals surface area contributed by atoms with Gasteiger partial charge in [-0.2, -0.15) is 0 Å². The second-order valence-electron chi connectivity index (χ2n) is 2.55. The van der Waals surface area contributed by atoms with Crippen LogP contribution in [0.2, 0.25) is 0 Å². The van der Waals surface area contributed by atoms with Crippen molar-refractivity contribution in [3.8, 4) is 0 Å². The first-order valence-electron chi connectivity index (χ1n) is 2.99. The average molecular weight is 177 g/mol. The van der Waals surface area contributed by atoms with Crippen LogP contribution in [0.25, 0.3) is 0 Å². The number of carboxylic acids is 1. The van der Waals surface area contributed by atoms with E-state index < -0.39 is 11.5 Å². The van der Waals surface area contributed by atoms with Gasteiger partial charge in [-0.05, 0) is 20.1 Å². The van der Waals surface area contributed by atoms with Gasteiger partial charge in [0.05, 0.1) is 0 Å². The van der Waals surface area contributed by atoms with E-state index in [9.17, 15) is 9.59 Å². The summed E-state index contributed by atoms with van der Waals surface area (Å²) < 4.78 is 0. The van der Waals surface area contributed by atoms with Crippen LogP contribution < -0.4 is 5.32 Å².